The number of anilines is 1. The van der Waals surface area contributed by atoms with Gasteiger partial charge in [0.15, 0.2) is 11.6 Å². The molecule has 20 heavy (non-hydrogen) atoms. The second-order valence-corrected chi connectivity index (χ2v) is 6.33. The molecular formula is C10H5Cl3FN3O2S. The molecule has 0 saturated heterocycles. The van der Waals surface area contributed by atoms with E-state index < -0.39 is 25.8 Å². The Labute approximate surface area is 128 Å². The van der Waals surface area contributed by atoms with E-state index in [-0.39, 0.29) is 16.0 Å². The van der Waals surface area contributed by atoms with E-state index in [4.69, 9.17) is 34.8 Å². The molecule has 2 aromatic rings. The summed E-state index contributed by atoms with van der Waals surface area (Å²) >= 11 is 16.7. The van der Waals surface area contributed by atoms with Gasteiger partial charge in [-0.25, -0.2) is 17.8 Å². The molecule has 1 aromatic heterocycles. The van der Waals surface area contributed by atoms with Gasteiger partial charge in [-0.15, -0.1) is 0 Å². The minimum atomic E-state index is -4.14. The van der Waals surface area contributed by atoms with E-state index in [1.807, 2.05) is 0 Å². The van der Waals surface area contributed by atoms with Crippen molar-refractivity contribution in [1.82, 2.24) is 9.97 Å². The summed E-state index contributed by atoms with van der Waals surface area (Å²) in [6, 6.07) is 2.16. The molecule has 0 saturated carbocycles. The van der Waals surface area contributed by atoms with Crippen molar-refractivity contribution >= 4 is 50.6 Å². The highest BCUT2D eigenvalue weighted by molar-refractivity contribution is 7.92. The summed E-state index contributed by atoms with van der Waals surface area (Å²) in [5.74, 6) is -1.14. The molecule has 106 valence electrons. The molecule has 1 N–H and O–H groups in total. The van der Waals surface area contributed by atoms with Gasteiger partial charge in [0.1, 0.15) is 10.0 Å². The summed E-state index contributed by atoms with van der Waals surface area (Å²) in [6.07, 6.45) is 2.37. The molecule has 0 aliphatic heterocycles. The largest absolute Gasteiger partial charge is 0.264 e. The van der Waals surface area contributed by atoms with Crippen LogP contribution in [0.15, 0.2) is 29.4 Å². The molecule has 0 radical (unpaired) electrons. The third kappa shape index (κ3) is 3.12. The second kappa shape index (κ2) is 5.69. The smallest absolute Gasteiger partial charge is 0.262 e. The number of sulfonamides is 1. The molecule has 1 aromatic carbocycles. The molecule has 0 unspecified atom stereocenters. The van der Waals surface area contributed by atoms with Gasteiger partial charge in [-0.2, -0.15) is 0 Å². The van der Waals surface area contributed by atoms with Crippen LogP contribution < -0.4 is 4.72 Å². The number of halogens is 4. The summed E-state index contributed by atoms with van der Waals surface area (Å²) in [5.41, 5.74) is 0. The molecule has 0 aliphatic carbocycles. The van der Waals surface area contributed by atoms with Crippen LogP contribution in [0.2, 0.25) is 15.2 Å². The monoisotopic (exact) mass is 355 g/mol. The van der Waals surface area contributed by atoms with Gasteiger partial charge >= 0.3 is 0 Å². The van der Waals surface area contributed by atoms with E-state index in [1.54, 1.807) is 0 Å². The topological polar surface area (TPSA) is 72.0 Å². The Balaban J connectivity index is 2.44. The lowest BCUT2D eigenvalue weighted by Gasteiger charge is -2.09. The highest BCUT2D eigenvalue weighted by atomic mass is 35.5. The average Bonchev–Trinajstić information content (AvgIpc) is 2.35. The lowest BCUT2D eigenvalue weighted by molar-refractivity contribution is 0.595. The lowest BCUT2D eigenvalue weighted by Crippen LogP contribution is -2.15. The van der Waals surface area contributed by atoms with Gasteiger partial charge in [0.25, 0.3) is 10.0 Å². The quantitative estimate of drug-likeness (QED) is 0.856. The molecule has 5 nitrogen and oxygen atoms in total. The molecule has 0 bridgehead atoms. The van der Waals surface area contributed by atoms with E-state index in [0.29, 0.717) is 0 Å². The van der Waals surface area contributed by atoms with Crippen LogP contribution in [0.4, 0.5) is 10.2 Å². The van der Waals surface area contributed by atoms with Crippen LogP contribution in [0, 0.1) is 5.82 Å². The van der Waals surface area contributed by atoms with Crippen molar-refractivity contribution in [3.63, 3.8) is 0 Å². The van der Waals surface area contributed by atoms with Crippen LogP contribution >= 0.6 is 34.8 Å². The average molecular weight is 357 g/mol. The molecule has 10 heteroatoms. The maximum atomic E-state index is 13.5. The van der Waals surface area contributed by atoms with Gasteiger partial charge in [-0.05, 0) is 12.1 Å². The Bertz CT molecular complexity index is 770. The van der Waals surface area contributed by atoms with Gasteiger partial charge in [0.05, 0.1) is 22.4 Å². The number of hydrogen-bond acceptors (Lipinski definition) is 4. The predicted molar refractivity (Wildman–Crippen MR) is 74.3 cm³/mol. The Morgan fingerprint density at radius 1 is 1.15 bits per heavy atom. The summed E-state index contributed by atoms with van der Waals surface area (Å²) < 4.78 is 39.8. The van der Waals surface area contributed by atoms with E-state index in [0.717, 1.165) is 18.3 Å². The van der Waals surface area contributed by atoms with E-state index in [2.05, 4.69) is 14.7 Å². The Morgan fingerprint density at radius 2 is 1.85 bits per heavy atom. The molecule has 1 heterocycles. The zero-order chi connectivity index (χ0) is 14.9. The molecule has 0 aliphatic rings. The van der Waals surface area contributed by atoms with Crippen LogP contribution in [0.5, 0.6) is 0 Å². The van der Waals surface area contributed by atoms with Crippen molar-refractivity contribution in [3.8, 4) is 0 Å². The molecule has 0 fully saturated rings. The highest BCUT2D eigenvalue weighted by Crippen LogP contribution is 2.30. The van der Waals surface area contributed by atoms with Crippen molar-refractivity contribution in [1.29, 1.82) is 0 Å². The first kappa shape index (κ1) is 15.2. The minimum Gasteiger partial charge on any atom is -0.262 e. The number of benzene rings is 1. The van der Waals surface area contributed by atoms with Gasteiger partial charge in [0.2, 0.25) is 0 Å². The number of aromatic nitrogens is 2. The normalized spacial score (nSPS) is 11.4. The maximum Gasteiger partial charge on any atom is 0.264 e. The standard InChI is InChI=1S/C10H5Cl3FN3O2S/c11-5-1-2-6(9(13)10(5)14)20(18,19)17-8-4-15-3-7(12)16-8/h1-4H,(H,16,17). The van der Waals surface area contributed by atoms with Crippen LogP contribution in [0.1, 0.15) is 0 Å². The number of nitrogens with one attached hydrogen (secondary N) is 1. The number of nitrogens with zero attached hydrogens (tertiary/aromatic N) is 2. The summed E-state index contributed by atoms with van der Waals surface area (Å²) in [6.45, 7) is 0. The molecule has 0 amide bonds. The minimum absolute atomic E-state index is 0.00131. The van der Waals surface area contributed by atoms with Crippen LogP contribution in [0.3, 0.4) is 0 Å². The summed E-state index contributed by atoms with van der Waals surface area (Å²) in [4.78, 5) is 6.90. The van der Waals surface area contributed by atoms with Crippen LogP contribution in [0.25, 0.3) is 0 Å². The van der Waals surface area contributed by atoms with E-state index in [9.17, 15) is 12.8 Å². The second-order valence-electron chi connectivity index (χ2n) is 3.51. The zero-order valence-electron chi connectivity index (χ0n) is 9.44. The van der Waals surface area contributed by atoms with Gasteiger partial charge in [-0.1, -0.05) is 34.8 Å². The van der Waals surface area contributed by atoms with Gasteiger partial charge < -0.3 is 0 Å². The first-order valence-corrected chi connectivity index (χ1v) is 7.57. The Kier molecular flexibility index (Phi) is 4.33. The lowest BCUT2D eigenvalue weighted by atomic mass is 10.3. The molecule has 2 rings (SSSR count). The third-order valence-corrected chi connectivity index (χ3v) is 4.49. The SMILES string of the molecule is O=S(=O)(Nc1cncc(Cl)n1)c1ccc(Cl)c(F)c1Cl. The first-order valence-electron chi connectivity index (χ1n) is 4.95. The fraction of sp³-hybridized carbons (Fsp3) is 0. The molecular weight excluding hydrogens is 352 g/mol. The highest BCUT2D eigenvalue weighted by Gasteiger charge is 2.22. The fourth-order valence-electron chi connectivity index (χ4n) is 1.30. The van der Waals surface area contributed by atoms with Gasteiger partial charge in [-0.3, -0.25) is 9.71 Å². The third-order valence-electron chi connectivity index (χ3n) is 2.13. The van der Waals surface area contributed by atoms with E-state index in [1.165, 1.54) is 6.20 Å². The number of hydrogen-bond donors (Lipinski definition) is 1. The van der Waals surface area contributed by atoms with Gasteiger partial charge in [0, 0.05) is 0 Å². The fourth-order valence-corrected chi connectivity index (χ4v) is 3.18. The first-order chi connectivity index (χ1) is 9.31. The van der Waals surface area contributed by atoms with Crippen molar-refractivity contribution in [3.05, 3.63) is 45.5 Å². The van der Waals surface area contributed by atoms with Crippen molar-refractivity contribution < 1.29 is 12.8 Å². The van der Waals surface area contributed by atoms with Crippen LogP contribution in [-0.2, 0) is 10.0 Å². The van der Waals surface area contributed by atoms with Crippen LogP contribution in [-0.4, -0.2) is 18.4 Å². The van der Waals surface area contributed by atoms with E-state index >= 15 is 0 Å². The van der Waals surface area contributed by atoms with Crippen molar-refractivity contribution in [2.24, 2.45) is 0 Å². The molecule has 0 atom stereocenters. The zero-order valence-corrected chi connectivity index (χ0v) is 12.5. The Hall–Kier alpha value is -1.15. The van der Waals surface area contributed by atoms with Crippen molar-refractivity contribution in [2.45, 2.75) is 4.90 Å². The Morgan fingerprint density at radius 3 is 2.50 bits per heavy atom. The summed E-state index contributed by atoms with van der Waals surface area (Å²) in [5, 5.41) is -0.893. The maximum absolute atomic E-state index is 13.5. The van der Waals surface area contributed by atoms with Crippen molar-refractivity contribution in [2.75, 3.05) is 4.72 Å². The number of rotatable bonds is 3. The molecule has 0 spiro atoms. The predicted octanol–water partition coefficient (Wildman–Crippen LogP) is 3.38. The summed E-state index contributed by atoms with van der Waals surface area (Å²) in [7, 11) is -4.14.